The highest BCUT2D eigenvalue weighted by Crippen LogP contribution is 2.25. The molecule has 1 unspecified atom stereocenters. The highest BCUT2D eigenvalue weighted by Gasteiger charge is 2.17. The molecule has 0 spiro atoms. The summed E-state index contributed by atoms with van der Waals surface area (Å²) in [6.45, 7) is 0.607. The van der Waals surface area contributed by atoms with E-state index < -0.39 is 5.97 Å². The maximum absolute atomic E-state index is 11.8. The first-order valence-corrected chi connectivity index (χ1v) is 8.10. The normalized spacial score (nSPS) is 17.8. The van der Waals surface area contributed by atoms with E-state index in [1.165, 1.54) is 12.5 Å². The van der Waals surface area contributed by atoms with Gasteiger partial charge in [0.05, 0.1) is 11.3 Å². The van der Waals surface area contributed by atoms with Crippen LogP contribution in [0, 0.1) is 0 Å². The molecule has 1 atom stereocenters. The summed E-state index contributed by atoms with van der Waals surface area (Å²) in [6, 6.07) is 4.35. The molecule has 1 aliphatic heterocycles. The first-order valence-electron chi connectivity index (χ1n) is 6.25. The zero-order valence-corrected chi connectivity index (χ0v) is 13.1. The summed E-state index contributed by atoms with van der Waals surface area (Å²) in [5, 5.41) is 14.9. The molecule has 0 aromatic heterocycles. The van der Waals surface area contributed by atoms with Crippen LogP contribution >= 0.6 is 27.7 Å². The van der Waals surface area contributed by atoms with Crippen LogP contribution in [0.2, 0.25) is 0 Å². The molecule has 1 fully saturated rings. The van der Waals surface area contributed by atoms with Crippen molar-refractivity contribution in [2.75, 3.05) is 17.6 Å². The predicted octanol–water partition coefficient (Wildman–Crippen LogP) is 3.16. The molecule has 0 saturated carbocycles. The molecule has 1 aromatic rings. The SMILES string of the molecule is O=C(NCC1CCCS1)Nc1ccc(Br)cc1C(=O)O. The number of halogens is 1. The van der Waals surface area contributed by atoms with Crippen molar-refractivity contribution < 1.29 is 14.7 Å². The summed E-state index contributed by atoms with van der Waals surface area (Å²) in [5.74, 6) is 0.0667. The Hall–Kier alpha value is -1.21. The van der Waals surface area contributed by atoms with Crippen LogP contribution in [0.1, 0.15) is 23.2 Å². The minimum absolute atomic E-state index is 0.0600. The molecule has 5 nitrogen and oxygen atoms in total. The lowest BCUT2D eigenvalue weighted by atomic mass is 10.2. The van der Waals surface area contributed by atoms with E-state index in [2.05, 4.69) is 26.6 Å². The zero-order chi connectivity index (χ0) is 14.5. The molecule has 20 heavy (non-hydrogen) atoms. The van der Waals surface area contributed by atoms with E-state index in [4.69, 9.17) is 5.11 Å². The number of carboxylic acid groups (broad SMARTS) is 1. The Morgan fingerprint density at radius 1 is 1.45 bits per heavy atom. The van der Waals surface area contributed by atoms with E-state index in [1.54, 1.807) is 12.1 Å². The van der Waals surface area contributed by atoms with Gasteiger partial charge in [0.2, 0.25) is 0 Å². The average Bonchev–Trinajstić information content (AvgIpc) is 2.91. The quantitative estimate of drug-likeness (QED) is 0.772. The van der Waals surface area contributed by atoms with Gasteiger partial charge in [-0.2, -0.15) is 11.8 Å². The molecule has 2 rings (SSSR count). The van der Waals surface area contributed by atoms with Gasteiger partial charge in [-0.1, -0.05) is 15.9 Å². The Morgan fingerprint density at radius 3 is 2.90 bits per heavy atom. The summed E-state index contributed by atoms with van der Waals surface area (Å²) < 4.78 is 0.656. The molecule has 3 N–H and O–H groups in total. The van der Waals surface area contributed by atoms with E-state index in [1.807, 2.05) is 11.8 Å². The molecule has 0 radical (unpaired) electrons. The number of urea groups is 1. The summed E-state index contributed by atoms with van der Waals surface area (Å²) >= 11 is 5.07. The molecular weight excluding hydrogens is 344 g/mol. The molecule has 1 heterocycles. The molecule has 0 bridgehead atoms. The fourth-order valence-electron chi connectivity index (χ4n) is 1.98. The van der Waals surface area contributed by atoms with E-state index in [-0.39, 0.29) is 17.3 Å². The van der Waals surface area contributed by atoms with Crippen LogP contribution in [-0.4, -0.2) is 34.7 Å². The van der Waals surface area contributed by atoms with Crippen LogP contribution in [-0.2, 0) is 0 Å². The standard InChI is InChI=1S/C13H15BrN2O3S/c14-8-3-4-11(10(6-8)12(17)18)16-13(19)15-7-9-2-1-5-20-9/h3-4,6,9H,1-2,5,7H2,(H,17,18)(H2,15,16,19). The molecule has 7 heteroatoms. The topological polar surface area (TPSA) is 78.4 Å². The third-order valence-corrected chi connectivity index (χ3v) is 4.87. The minimum Gasteiger partial charge on any atom is -0.478 e. The zero-order valence-electron chi connectivity index (χ0n) is 10.7. The number of nitrogens with one attached hydrogen (secondary N) is 2. The Kier molecular flexibility index (Phi) is 5.31. The Bertz CT molecular complexity index is 518. The third kappa shape index (κ3) is 4.14. The van der Waals surface area contributed by atoms with Crippen molar-refractivity contribution in [3.05, 3.63) is 28.2 Å². The summed E-state index contributed by atoms with van der Waals surface area (Å²) in [5.41, 5.74) is 0.349. The number of hydrogen-bond donors (Lipinski definition) is 3. The maximum atomic E-state index is 11.8. The van der Waals surface area contributed by atoms with Gasteiger partial charge in [-0.25, -0.2) is 9.59 Å². The Labute approximate surface area is 129 Å². The third-order valence-electron chi connectivity index (χ3n) is 2.97. The monoisotopic (exact) mass is 358 g/mol. The van der Waals surface area contributed by atoms with Gasteiger partial charge in [0, 0.05) is 16.3 Å². The van der Waals surface area contributed by atoms with Crippen LogP contribution in [0.4, 0.5) is 10.5 Å². The second-order valence-electron chi connectivity index (χ2n) is 4.47. The van der Waals surface area contributed by atoms with Crippen LogP contribution in [0.15, 0.2) is 22.7 Å². The molecule has 2 amide bonds. The van der Waals surface area contributed by atoms with Crippen molar-refractivity contribution in [2.45, 2.75) is 18.1 Å². The van der Waals surface area contributed by atoms with Gasteiger partial charge < -0.3 is 15.7 Å². The van der Waals surface area contributed by atoms with Crippen molar-refractivity contribution in [2.24, 2.45) is 0 Å². The van der Waals surface area contributed by atoms with Crippen molar-refractivity contribution in [3.63, 3.8) is 0 Å². The number of amides is 2. The summed E-state index contributed by atoms with van der Waals surface area (Å²) in [7, 11) is 0. The van der Waals surface area contributed by atoms with E-state index in [9.17, 15) is 9.59 Å². The van der Waals surface area contributed by atoms with Crippen LogP contribution in [0.5, 0.6) is 0 Å². The molecule has 108 valence electrons. The number of rotatable bonds is 4. The molecule has 1 aromatic carbocycles. The lowest BCUT2D eigenvalue weighted by Crippen LogP contribution is -2.33. The van der Waals surface area contributed by atoms with Gasteiger partial charge in [0.1, 0.15) is 0 Å². The number of carbonyl (C=O) groups is 2. The van der Waals surface area contributed by atoms with Gasteiger partial charge in [-0.15, -0.1) is 0 Å². The smallest absolute Gasteiger partial charge is 0.337 e. The van der Waals surface area contributed by atoms with Gasteiger partial charge in [-0.3, -0.25) is 0 Å². The minimum atomic E-state index is -1.08. The van der Waals surface area contributed by atoms with E-state index in [0.29, 0.717) is 16.3 Å². The highest BCUT2D eigenvalue weighted by molar-refractivity contribution is 9.10. The van der Waals surface area contributed by atoms with Crippen molar-refractivity contribution in [1.82, 2.24) is 5.32 Å². The van der Waals surface area contributed by atoms with Crippen molar-refractivity contribution in [1.29, 1.82) is 0 Å². The number of carboxylic acids is 1. The van der Waals surface area contributed by atoms with Crippen molar-refractivity contribution >= 4 is 45.4 Å². The van der Waals surface area contributed by atoms with E-state index >= 15 is 0 Å². The van der Waals surface area contributed by atoms with Crippen LogP contribution in [0.25, 0.3) is 0 Å². The lowest BCUT2D eigenvalue weighted by Gasteiger charge is -2.12. The average molecular weight is 359 g/mol. The fourth-order valence-corrected chi connectivity index (χ4v) is 3.54. The Balaban J connectivity index is 1.94. The lowest BCUT2D eigenvalue weighted by molar-refractivity contribution is 0.0698. The Morgan fingerprint density at radius 2 is 2.25 bits per heavy atom. The molecule has 0 aliphatic carbocycles. The van der Waals surface area contributed by atoms with Gasteiger partial charge in [-0.05, 0) is 36.8 Å². The fraction of sp³-hybridized carbons (Fsp3) is 0.385. The van der Waals surface area contributed by atoms with Crippen LogP contribution in [0.3, 0.4) is 0 Å². The van der Waals surface area contributed by atoms with Gasteiger partial charge in [0.25, 0.3) is 0 Å². The van der Waals surface area contributed by atoms with Crippen LogP contribution < -0.4 is 10.6 Å². The number of benzene rings is 1. The molecule has 1 saturated heterocycles. The summed E-state index contributed by atoms with van der Waals surface area (Å²) in [4.78, 5) is 22.9. The number of thioether (sulfide) groups is 1. The van der Waals surface area contributed by atoms with Gasteiger partial charge in [0.15, 0.2) is 0 Å². The second kappa shape index (κ2) is 6.99. The number of anilines is 1. The van der Waals surface area contributed by atoms with E-state index in [0.717, 1.165) is 12.2 Å². The number of hydrogen-bond acceptors (Lipinski definition) is 3. The first-order chi connectivity index (χ1) is 9.56. The second-order valence-corrected chi connectivity index (χ2v) is 6.79. The number of carbonyl (C=O) groups excluding carboxylic acids is 1. The maximum Gasteiger partial charge on any atom is 0.337 e. The predicted molar refractivity (Wildman–Crippen MR) is 83.6 cm³/mol. The molecular formula is C13H15BrN2O3S. The number of aromatic carboxylic acids is 1. The van der Waals surface area contributed by atoms with Crippen molar-refractivity contribution in [3.8, 4) is 0 Å². The highest BCUT2D eigenvalue weighted by atomic mass is 79.9. The first kappa shape index (κ1) is 15.2. The van der Waals surface area contributed by atoms with Gasteiger partial charge >= 0.3 is 12.0 Å². The molecule has 1 aliphatic rings. The largest absolute Gasteiger partial charge is 0.478 e. The summed E-state index contributed by atoms with van der Waals surface area (Å²) in [6.07, 6.45) is 2.30.